The van der Waals surface area contributed by atoms with Gasteiger partial charge in [-0.05, 0) is 61.1 Å². The highest BCUT2D eigenvalue weighted by Crippen LogP contribution is 2.29. The van der Waals surface area contributed by atoms with Gasteiger partial charge in [0.15, 0.2) is 23.2 Å². The van der Waals surface area contributed by atoms with Crippen molar-refractivity contribution >= 4 is 0 Å². The maximum Gasteiger partial charge on any atom is 0.201 e. The van der Waals surface area contributed by atoms with E-state index in [0.717, 1.165) is 37.7 Å². The first-order valence-electron chi connectivity index (χ1n) is 11.4. The van der Waals surface area contributed by atoms with Crippen molar-refractivity contribution in [1.82, 2.24) is 4.98 Å². The van der Waals surface area contributed by atoms with Crippen molar-refractivity contribution in [2.45, 2.75) is 58.8 Å². The van der Waals surface area contributed by atoms with Crippen LogP contribution in [-0.4, -0.2) is 11.6 Å². The summed E-state index contributed by atoms with van der Waals surface area (Å²) in [5, 5.41) is 0. The van der Waals surface area contributed by atoms with E-state index in [9.17, 15) is 17.6 Å². The van der Waals surface area contributed by atoms with Gasteiger partial charge in [-0.15, -0.1) is 0 Å². The number of hydrogen-bond acceptors (Lipinski definition) is 2. The number of aromatic nitrogens is 1. The summed E-state index contributed by atoms with van der Waals surface area (Å²) in [5.41, 5.74) is 1.66. The minimum Gasteiger partial charge on any atom is -0.490 e. The molecule has 0 aliphatic heterocycles. The molecule has 0 fully saturated rings. The topological polar surface area (TPSA) is 22.1 Å². The van der Waals surface area contributed by atoms with Crippen molar-refractivity contribution < 1.29 is 22.3 Å². The fraction of sp³-hybridized carbons (Fsp3) is 0.370. The fourth-order valence-electron chi connectivity index (χ4n) is 3.62. The van der Waals surface area contributed by atoms with E-state index in [0.29, 0.717) is 19.4 Å². The fourth-order valence-corrected chi connectivity index (χ4v) is 3.62. The summed E-state index contributed by atoms with van der Waals surface area (Å²) in [5.74, 6) is -3.79. The second-order valence-corrected chi connectivity index (χ2v) is 8.22. The Morgan fingerprint density at radius 2 is 1.55 bits per heavy atom. The van der Waals surface area contributed by atoms with Crippen molar-refractivity contribution in [3.63, 3.8) is 0 Å². The van der Waals surface area contributed by atoms with Crippen molar-refractivity contribution in [2.75, 3.05) is 6.61 Å². The summed E-state index contributed by atoms with van der Waals surface area (Å²) < 4.78 is 62.3. The van der Waals surface area contributed by atoms with Crippen LogP contribution in [0.2, 0.25) is 0 Å². The molecule has 2 aromatic carbocycles. The van der Waals surface area contributed by atoms with Crippen molar-refractivity contribution in [1.29, 1.82) is 0 Å². The van der Waals surface area contributed by atoms with Gasteiger partial charge in [-0.3, -0.25) is 4.98 Å². The third-order valence-corrected chi connectivity index (χ3v) is 5.69. The van der Waals surface area contributed by atoms with E-state index < -0.39 is 23.3 Å². The molecule has 3 aromatic rings. The van der Waals surface area contributed by atoms with Crippen LogP contribution in [0.3, 0.4) is 0 Å². The first-order valence-corrected chi connectivity index (χ1v) is 11.4. The first-order chi connectivity index (χ1) is 15.9. The Hall–Kier alpha value is -2.89. The van der Waals surface area contributed by atoms with Crippen LogP contribution in [0.4, 0.5) is 17.6 Å². The summed E-state index contributed by atoms with van der Waals surface area (Å²) in [6.07, 6.45) is 7.48. The molecule has 3 rings (SSSR count). The number of unbranched alkanes of at least 4 members (excludes halogenated alkanes) is 4. The van der Waals surface area contributed by atoms with Gasteiger partial charge in [0.1, 0.15) is 0 Å². The molecule has 0 atom stereocenters. The van der Waals surface area contributed by atoms with Crippen LogP contribution in [0.1, 0.15) is 55.7 Å². The lowest BCUT2D eigenvalue weighted by Crippen LogP contribution is -2.02. The standard InChI is InChI=1S/C27H29F4NO/c1-3-4-5-6-7-16-33-23-15-13-21(26(30)27(23)31)22-14-10-19(17-32-22)9-12-20-11-8-18(2)24(28)25(20)29/h8,10-11,13-15,17H,3-7,9,12,16H2,1-2H3. The normalized spacial score (nSPS) is 11.1. The van der Waals surface area contributed by atoms with Gasteiger partial charge >= 0.3 is 0 Å². The van der Waals surface area contributed by atoms with Crippen LogP contribution in [0.25, 0.3) is 11.3 Å². The van der Waals surface area contributed by atoms with Gasteiger partial charge in [0.25, 0.3) is 0 Å². The highest BCUT2D eigenvalue weighted by atomic mass is 19.2. The molecule has 33 heavy (non-hydrogen) atoms. The zero-order chi connectivity index (χ0) is 23.8. The lowest BCUT2D eigenvalue weighted by atomic mass is 10.0. The van der Waals surface area contributed by atoms with Gasteiger partial charge in [0, 0.05) is 11.8 Å². The summed E-state index contributed by atoms with van der Waals surface area (Å²) in [6, 6.07) is 9.31. The maximum absolute atomic E-state index is 14.6. The molecule has 0 saturated heterocycles. The molecule has 0 amide bonds. The van der Waals surface area contributed by atoms with Crippen LogP contribution >= 0.6 is 0 Å². The largest absolute Gasteiger partial charge is 0.490 e. The predicted molar refractivity (Wildman–Crippen MR) is 122 cm³/mol. The first kappa shape index (κ1) is 24.7. The van der Waals surface area contributed by atoms with Crippen LogP contribution in [0.5, 0.6) is 5.75 Å². The molecule has 1 heterocycles. The molecule has 0 aliphatic carbocycles. The van der Waals surface area contributed by atoms with Gasteiger partial charge < -0.3 is 4.74 Å². The van der Waals surface area contributed by atoms with E-state index in [1.807, 2.05) is 0 Å². The van der Waals surface area contributed by atoms with Gasteiger partial charge in [-0.1, -0.05) is 50.8 Å². The molecule has 0 aliphatic rings. The minimum atomic E-state index is -1.02. The van der Waals surface area contributed by atoms with E-state index in [-0.39, 0.29) is 28.1 Å². The van der Waals surface area contributed by atoms with E-state index in [1.165, 1.54) is 25.3 Å². The van der Waals surface area contributed by atoms with E-state index in [1.54, 1.807) is 24.3 Å². The summed E-state index contributed by atoms with van der Waals surface area (Å²) in [7, 11) is 0. The minimum absolute atomic E-state index is 0.0426. The Balaban J connectivity index is 1.62. The van der Waals surface area contributed by atoms with Crippen LogP contribution < -0.4 is 4.74 Å². The average molecular weight is 460 g/mol. The lowest BCUT2D eigenvalue weighted by molar-refractivity contribution is 0.285. The van der Waals surface area contributed by atoms with Gasteiger partial charge in [0.2, 0.25) is 5.82 Å². The second-order valence-electron chi connectivity index (χ2n) is 8.22. The van der Waals surface area contributed by atoms with Crippen molar-refractivity contribution in [3.05, 3.63) is 82.6 Å². The van der Waals surface area contributed by atoms with Crippen molar-refractivity contribution in [2.24, 2.45) is 0 Å². The number of aryl methyl sites for hydroxylation is 3. The molecule has 0 N–H and O–H groups in total. The van der Waals surface area contributed by atoms with E-state index in [4.69, 9.17) is 4.74 Å². The molecular formula is C27H29F4NO. The highest BCUT2D eigenvalue weighted by Gasteiger charge is 2.17. The molecule has 1 aromatic heterocycles. The van der Waals surface area contributed by atoms with Gasteiger partial charge in [0.05, 0.1) is 12.3 Å². The second kappa shape index (κ2) is 11.8. The summed E-state index contributed by atoms with van der Waals surface area (Å²) in [4.78, 5) is 4.24. The Bertz CT molecular complexity index is 1070. The quantitative estimate of drug-likeness (QED) is 0.216. The van der Waals surface area contributed by atoms with Crippen LogP contribution in [-0.2, 0) is 12.8 Å². The van der Waals surface area contributed by atoms with Gasteiger partial charge in [-0.2, -0.15) is 4.39 Å². The number of hydrogen-bond donors (Lipinski definition) is 0. The zero-order valence-corrected chi connectivity index (χ0v) is 19.1. The van der Waals surface area contributed by atoms with Crippen LogP contribution in [0, 0.1) is 30.2 Å². The number of benzene rings is 2. The van der Waals surface area contributed by atoms with Crippen molar-refractivity contribution in [3.8, 4) is 17.0 Å². The molecular weight excluding hydrogens is 430 g/mol. The predicted octanol–water partition coefficient (Wildman–Crippen LogP) is 7.75. The number of rotatable bonds is 11. The monoisotopic (exact) mass is 459 g/mol. The van der Waals surface area contributed by atoms with E-state index >= 15 is 0 Å². The SMILES string of the molecule is CCCCCCCOc1ccc(-c2ccc(CCc3ccc(C)c(F)c3F)cn2)c(F)c1F. The Kier molecular flexibility index (Phi) is 8.87. The summed E-state index contributed by atoms with van der Waals surface area (Å²) in [6.45, 7) is 3.99. The molecule has 0 bridgehead atoms. The Labute approximate surface area is 192 Å². The Morgan fingerprint density at radius 3 is 2.27 bits per heavy atom. The lowest BCUT2D eigenvalue weighted by Gasteiger charge is -2.11. The Morgan fingerprint density at radius 1 is 0.758 bits per heavy atom. The smallest absolute Gasteiger partial charge is 0.201 e. The average Bonchev–Trinajstić information content (AvgIpc) is 2.82. The number of nitrogens with zero attached hydrogens (tertiary/aromatic N) is 1. The maximum atomic E-state index is 14.6. The van der Waals surface area contributed by atoms with Gasteiger partial charge in [-0.25, -0.2) is 13.2 Å². The molecule has 2 nitrogen and oxygen atoms in total. The molecule has 0 saturated carbocycles. The number of ether oxygens (including phenoxy) is 1. The zero-order valence-electron chi connectivity index (χ0n) is 19.1. The highest BCUT2D eigenvalue weighted by molar-refractivity contribution is 5.61. The summed E-state index contributed by atoms with van der Waals surface area (Å²) >= 11 is 0. The van der Waals surface area contributed by atoms with E-state index in [2.05, 4.69) is 11.9 Å². The molecule has 0 unspecified atom stereocenters. The number of halogens is 4. The third kappa shape index (κ3) is 6.34. The molecule has 176 valence electrons. The third-order valence-electron chi connectivity index (χ3n) is 5.69. The molecule has 0 spiro atoms. The molecule has 6 heteroatoms. The molecule has 0 radical (unpaired) electrons. The van der Waals surface area contributed by atoms with Crippen LogP contribution in [0.15, 0.2) is 42.6 Å². The number of pyridine rings is 1.